The first-order valence-electron chi connectivity index (χ1n) is 4.86. The quantitative estimate of drug-likeness (QED) is 0.825. The summed E-state index contributed by atoms with van der Waals surface area (Å²) in [5, 5.41) is 0.755. The molecule has 0 amide bonds. The Labute approximate surface area is 113 Å². The molecule has 1 aromatic carbocycles. The van der Waals surface area contributed by atoms with Crippen LogP contribution >= 0.6 is 23.2 Å². The summed E-state index contributed by atoms with van der Waals surface area (Å²) in [5.41, 5.74) is 12.3. The SMILES string of the molecule is Nc1nc(N)c(-c2ccc(Cl)c(Cl)c2)c(C=O)n1. The van der Waals surface area contributed by atoms with Crippen molar-refractivity contribution in [3.63, 3.8) is 0 Å². The van der Waals surface area contributed by atoms with Gasteiger partial charge >= 0.3 is 0 Å². The van der Waals surface area contributed by atoms with Crippen molar-refractivity contribution in [3.05, 3.63) is 33.9 Å². The number of benzene rings is 1. The predicted octanol–water partition coefficient (Wildman–Crippen LogP) is 2.43. The molecule has 1 heterocycles. The Bertz CT molecular complexity index is 631. The van der Waals surface area contributed by atoms with Crippen LogP contribution in [-0.4, -0.2) is 16.3 Å². The molecule has 2 rings (SSSR count). The number of anilines is 2. The Balaban J connectivity index is 2.69. The Hall–Kier alpha value is -1.85. The van der Waals surface area contributed by atoms with Gasteiger partial charge in [-0.15, -0.1) is 0 Å². The molecule has 7 heteroatoms. The number of hydrogen-bond donors (Lipinski definition) is 2. The molecule has 0 saturated carbocycles. The summed E-state index contributed by atoms with van der Waals surface area (Å²) in [6, 6.07) is 4.86. The average molecular weight is 283 g/mol. The summed E-state index contributed by atoms with van der Waals surface area (Å²) in [6.45, 7) is 0. The smallest absolute Gasteiger partial charge is 0.222 e. The first-order valence-corrected chi connectivity index (χ1v) is 5.62. The van der Waals surface area contributed by atoms with E-state index in [0.717, 1.165) is 0 Å². The highest BCUT2D eigenvalue weighted by molar-refractivity contribution is 6.42. The van der Waals surface area contributed by atoms with Crippen LogP contribution in [0.4, 0.5) is 11.8 Å². The van der Waals surface area contributed by atoms with Gasteiger partial charge < -0.3 is 11.5 Å². The number of carbonyl (C=O) groups excluding carboxylic acids is 1. The summed E-state index contributed by atoms with van der Waals surface area (Å²) in [4.78, 5) is 18.6. The summed E-state index contributed by atoms with van der Waals surface area (Å²) >= 11 is 11.7. The van der Waals surface area contributed by atoms with Gasteiger partial charge in [0.15, 0.2) is 6.29 Å². The minimum Gasteiger partial charge on any atom is -0.383 e. The highest BCUT2D eigenvalue weighted by atomic mass is 35.5. The van der Waals surface area contributed by atoms with Gasteiger partial charge in [0.25, 0.3) is 0 Å². The zero-order valence-corrected chi connectivity index (χ0v) is 10.5. The van der Waals surface area contributed by atoms with Crippen molar-refractivity contribution in [1.82, 2.24) is 9.97 Å². The van der Waals surface area contributed by atoms with E-state index in [1.54, 1.807) is 18.2 Å². The van der Waals surface area contributed by atoms with Gasteiger partial charge in [-0.25, -0.2) is 4.98 Å². The first kappa shape index (κ1) is 12.6. The van der Waals surface area contributed by atoms with Gasteiger partial charge in [0, 0.05) is 0 Å². The molecule has 0 aliphatic heterocycles. The molecule has 2 aromatic rings. The minimum atomic E-state index is -0.0570. The highest BCUT2D eigenvalue weighted by Crippen LogP contribution is 2.32. The third-order valence-corrected chi connectivity index (χ3v) is 3.04. The van der Waals surface area contributed by atoms with E-state index < -0.39 is 0 Å². The van der Waals surface area contributed by atoms with Gasteiger partial charge in [0.05, 0.1) is 15.6 Å². The van der Waals surface area contributed by atoms with Crippen molar-refractivity contribution in [2.75, 3.05) is 11.5 Å². The van der Waals surface area contributed by atoms with Crippen molar-refractivity contribution in [2.24, 2.45) is 0 Å². The monoisotopic (exact) mass is 282 g/mol. The van der Waals surface area contributed by atoms with E-state index in [1.165, 1.54) is 0 Å². The molecule has 0 aliphatic carbocycles. The van der Waals surface area contributed by atoms with E-state index in [4.69, 9.17) is 34.7 Å². The number of aldehydes is 1. The maximum Gasteiger partial charge on any atom is 0.222 e. The van der Waals surface area contributed by atoms with Crippen molar-refractivity contribution in [1.29, 1.82) is 0 Å². The largest absolute Gasteiger partial charge is 0.383 e. The second kappa shape index (κ2) is 4.80. The summed E-state index contributed by atoms with van der Waals surface area (Å²) in [5.74, 6) is 0.0569. The van der Waals surface area contributed by atoms with Crippen molar-refractivity contribution >= 4 is 41.3 Å². The molecule has 0 bridgehead atoms. The number of aromatic nitrogens is 2. The topological polar surface area (TPSA) is 94.9 Å². The lowest BCUT2D eigenvalue weighted by Gasteiger charge is -2.09. The zero-order chi connectivity index (χ0) is 13.3. The van der Waals surface area contributed by atoms with Gasteiger partial charge in [-0.1, -0.05) is 29.3 Å². The van der Waals surface area contributed by atoms with Crippen LogP contribution in [0.5, 0.6) is 0 Å². The predicted molar refractivity (Wildman–Crippen MR) is 71.7 cm³/mol. The fourth-order valence-corrected chi connectivity index (χ4v) is 1.85. The van der Waals surface area contributed by atoms with Gasteiger partial charge in [-0.3, -0.25) is 4.79 Å². The second-order valence-electron chi connectivity index (χ2n) is 3.47. The summed E-state index contributed by atoms with van der Waals surface area (Å²) < 4.78 is 0. The van der Waals surface area contributed by atoms with Crippen LogP contribution in [-0.2, 0) is 0 Å². The molecule has 0 atom stereocenters. The number of carbonyl (C=O) groups is 1. The number of hydrogen-bond acceptors (Lipinski definition) is 5. The molecule has 0 fully saturated rings. The molecule has 1 aromatic heterocycles. The van der Waals surface area contributed by atoms with E-state index >= 15 is 0 Å². The lowest BCUT2D eigenvalue weighted by Crippen LogP contribution is -2.06. The third kappa shape index (κ3) is 2.23. The molecule has 0 aliphatic rings. The van der Waals surface area contributed by atoms with Gasteiger partial charge in [0.1, 0.15) is 11.5 Å². The maximum atomic E-state index is 11.0. The normalized spacial score (nSPS) is 10.3. The third-order valence-electron chi connectivity index (χ3n) is 2.30. The Morgan fingerprint density at radius 2 is 1.83 bits per heavy atom. The molecular formula is C11H8Cl2N4O. The van der Waals surface area contributed by atoms with Crippen LogP contribution in [0.25, 0.3) is 11.1 Å². The lowest BCUT2D eigenvalue weighted by atomic mass is 10.0. The molecule has 5 nitrogen and oxygen atoms in total. The Morgan fingerprint density at radius 3 is 2.44 bits per heavy atom. The summed E-state index contributed by atoms with van der Waals surface area (Å²) in [6.07, 6.45) is 0.562. The molecule has 92 valence electrons. The van der Waals surface area contributed by atoms with Crippen LogP contribution in [0, 0.1) is 0 Å². The van der Waals surface area contributed by atoms with Crippen LogP contribution in [0.15, 0.2) is 18.2 Å². The number of rotatable bonds is 2. The van der Waals surface area contributed by atoms with Gasteiger partial charge in [-0.05, 0) is 17.7 Å². The van der Waals surface area contributed by atoms with Crippen LogP contribution in [0.1, 0.15) is 10.5 Å². The molecule has 0 unspecified atom stereocenters. The molecule has 18 heavy (non-hydrogen) atoms. The maximum absolute atomic E-state index is 11.0. The average Bonchev–Trinajstić information content (AvgIpc) is 2.32. The molecular weight excluding hydrogens is 275 g/mol. The van der Waals surface area contributed by atoms with E-state index in [1.807, 2.05) is 0 Å². The second-order valence-corrected chi connectivity index (χ2v) is 4.29. The zero-order valence-electron chi connectivity index (χ0n) is 9.02. The Kier molecular flexibility index (Phi) is 3.36. The number of halogens is 2. The van der Waals surface area contributed by atoms with Gasteiger partial charge in [-0.2, -0.15) is 4.98 Å². The van der Waals surface area contributed by atoms with E-state index in [0.29, 0.717) is 27.5 Å². The van der Waals surface area contributed by atoms with Crippen LogP contribution in [0.2, 0.25) is 10.0 Å². The molecule has 0 saturated heterocycles. The molecule has 0 radical (unpaired) electrons. The van der Waals surface area contributed by atoms with E-state index in [-0.39, 0.29) is 17.5 Å². The first-order chi connectivity index (χ1) is 8.52. The van der Waals surface area contributed by atoms with Crippen LogP contribution < -0.4 is 11.5 Å². The van der Waals surface area contributed by atoms with Crippen LogP contribution in [0.3, 0.4) is 0 Å². The highest BCUT2D eigenvalue weighted by Gasteiger charge is 2.14. The number of nitrogens with two attached hydrogens (primary N) is 2. The fraction of sp³-hybridized carbons (Fsp3) is 0. The number of nitrogen functional groups attached to an aromatic ring is 2. The fourth-order valence-electron chi connectivity index (χ4n) is 1.55. The summed E-state index contributed by atoms with van der Waals surface area (Å²) in [7, 11) is 0. The minimum absolute atomic E-state index is 0.0570. The molecule has 4 N–H and O–H groups in total. The van der Waals surface area contributed by atoms with E-state index in [2.05, 4.69) is 9.97 Å². The number of nitrogens with zero attached hydrogens (tertiary/aromatic N) is 2. The molecule has 0 spiro atoms. The van der Waals surface area contributed by atoms with Crippen molar-refractivity contribution in [2.45, 2.75) is 0 Å². The standard InChI is InChI=1S/C11H8Cl2N4O/c12-6-2-1-5(3-7(6)13)9-8(4-18)16-11(15)17-10(9)14/h1-4H,(H4,14,15,16,17). The lowest BCUT2D eigenvalue weighted by molar-refractivity contribution is 0.111. The van der Waals surface area contributed by atoms with Crippen molar-refractivity contribution in [3.8, 4) is 11.1 Å². The van der Waals surface area contributed by atoms with Gasteiger partial charge in [0.2, 0.25) is 5.95 Å². The van der Waals surface area contributed by atoms with Crippen molar-refractivity contribution < 1.29 is 4.79 Å². The van der Waals surface area contributed by atoms with E-state index in [9.17, 15) is 4.79 Å². The Morgan fingerprint density at radius 1 is 1.11 bits per heavy atom.